The Labute approximate surface area is 180 Å². The van der Waals surface area contributed by atoms with Crippen LogP contribution in [-0.4, -0.2) is 11.4 Å². The van der Waals surface area contributed by atoms with Gasteiger partial charge in [-0.1, -0.05) is 31.4 Å². The molecule has 2 rings (SSSR count). The van der Waals surface area contributed by atoms with Crippen LogP contribution in [0.2, 0.25) is 0 Å². The van der Waals surface area contributed by atoms with Gasteiger partial charge in [0.2, 0.25) is 0 Å². The molecule has 0 aliphatic rings. The molecule has 0 spiro atoms. The smallest absolute Gasteiger partial charge is 0.135 e. The fourth-order valence-corrected chi connectivity index (χ4v) is 3.17. The third-order valence-corrected chi connectivity index (χ3v) is 4.20. The molecule has 3 heteroatoms. The van der Waals surface area contributed by atoms with Gasteiger partial charge in [0.1, 0.15) is 5.71 Å². The topological polar surface area (TPSA) is 24.7 Å². The van der Waals surface area contributed by atoms with Gasteiger partial charge in [0.25, 0.3) is 0 Å². The van der Waals surface area contributed by atoms with Gasteiger partial charge in [0.15, 0.2) is 0 Å². The van der Waals surface area contributed by atoms with E-state index in [1.165, 1.54) is 22.3 Å². The Bertz CT molecular complexity index is 887. The van der Waals surface area contributed by atoms with Crippen LogP contribution in [-0.2, 0) is 16.5 Å². The van der Waals surface area contributed by atoms with Crippen LogP contribution in [0.3, 0.4) is 0 Å². The van der Waals surface area contributed by atoms with Gasteiger partial charge < -0.3 is 0 Å². The normalized spacial score (nSPS) is 11.5. The molecule has 0 heterocycles. The molecule has 0 bridgehead atoms. The zero-order valence-electron chi connectivity index (χ0n) is 17.8. The quantitative estimate of drug-likeness (QED) is 0.275. The van der Waals surface area contributed by atoms with E-state index < -0.39 is 0 Å². The Kier molecular flexibility index (Phi) is 9.91. The van der Waals surface area contributed by atoms with Gasteiger partial charge in [-0.05, 0) is 99.9 Å². The number of rotatable bonds is 6. The van der Waals surface area contributed by atoms with Crippen molar-refractivity contribution in [3.05, 3.63) is 58.7 Å². The molecule has 0 unspecified atom stereocenters. The Hall–Kier alpha value is -2.17. The largest absolute Gasteiger partial charge is 0.250 e. The second-order valence-electron chi connectivity index (χ2n) is 7.19. The first kappa shape index (κ1) is 23.9. The van der Waals surface area contributed by atoms with E-state index in [9.17, 15) is 0 Å². The van der Waals surface area contributed by atoms with Crippen molar-refractivity contribution >= 4 is 22.8 Å². The first-order valence-corrected chi connectivity index (χ1v) is 9.67. The van der Waals surface area contributed by atoms with E-state index in [1.807, 2.05) is 6.92 Å². The predicted octanol–water partition coefficient (Wildman–Crippen LogP) is 6.98. The Balaban J connectivity index is 0.00000392. The molecule has 0 N–H and O–H groups in total. The molecule has 0 aromatic heterocycles. The van der Waals surface area contributed by atoms with Crippen LogP contribution in [0.1, 0.15) is 55.4 Å². The van der Waals surface area contributed by atoms with E-state index in [4.69, 9.17) is 9.98 Å². The van der Waals surface area contributed by atoms with Crippen LogP contribution in [0.4, 0.5) is 11.4 Å². The zero-order chi connectivity index (χ0) is 19.8. The molecule has 150 valence electrons. The van der Waals surface area contributed by atoms with E-state index in [0.717, 1.165) is 42.1 Å². The summed E-state index contributed by atoms with van der Waals surface area (Å²) in [6.45, 7) is 12.5. The summed E-state index contributed by atoms with van der Waals surface area (Å²) in [5.41, 5.74) is 8.51. The average molecular weight is 417 g/mol. The molecule has 0 aliphatic heterocycles. The molecule has 0 saturated carbocycles. The molecule has 2 aromatic carbocycles. The second kappa shape index (κ2) is 11.6. The summed E-state index contributed by atoms with van der Waals surface area (Å²) < 4.78 is 0. The van der Waals surface area contributed by atoms with Gasteiger partial charge in [0.05, 0.1) is 17.1 Å². The van der Waals surface area contributed by atoms with Crippen LogP contribution < -0.4 is 0 Å². The summed E-state index contributed by atoms with van der Waals surface area (Å²) in [7, 11) is 0. The van der Waals surface area contributed by atoms with Gasteiger partial charge in [-0.25, -0.2) is 4.99 Å². The Morgan fingerprint density at radius 1 is 0.786 bits per heavy atom. The first-order valence-electron chi connectivity index (χ1n) is 9.67. The van der Waals surface area contributed by atoms with Crippen LogP contribution in [0.15, 0.2) is 46.4 Å². The summed E-state index contributed by atoms with van der Waals surface area (Å²) in [5, 5.41) is 0. The van der Waals surface area contributed by atoms with E-state index in [2.05, 4.69) is 82.9 Å². The van der Waals surface area contributed by atoms with Gasteiger partial charge >= 0.3 is 0 Å². The third-order valence-electron chi connectivity index (χ3n) is 4.20. The molecule has 2 aromatic rings. The summed E-state index contributed by atoms with van der Waals surface area (Å²) in [6.07, 6.45) is 3.06. The number of unbranched alkanes of at least 4 members (excludes halogenated alkanes) is 1. The van der Waals surface area contributed by atoms with Gasteiger partial charge in [0, 0.05) is 16.5 Å². The van der Waals surface area contributed by atoms with E-state index in [-0.39, 0.29) is 16.5 Å². The minimum absolute atomic E-state index is 0. The monoisotopic (exact) mass is 416 g/mol. The van der Waals surface area contributed by atoms with Crippen molar-refractivity contribution < 1.29 is 16.5 Å². The van der Waals surface area contributed by atoms with Crippen LogP contribution in [0, 0.1) is 39.5 Å². The van der Waals surface area contributed by atoms with Gasteiger partial charge in [-0.2, -0.15) is 0 Å². The van der Waals surface area contributed by atoms with Crippen molar-refractivity contribution in [2.24, 2.45) is 9.98 Å². The molecule has 0 radical (unpaired) electrons. The molecule has 0 aliphatic carbocycles. The van der Waals surface area contributed by atoms with E-state index in [1.54, 1.807) is 0 Å². The number of benzene rings is 2. The molecular formula is C25H30N2Ni. The van der Waals surface area contributed by atoms with Crippen LogP contribution >= 0.6 is 0 Å². The standard InChI is InChI=1S/C25H30N2.Ni/c1-7-9-11-25(27-23-16-20(5)13-21(6)17-23)24(10-8-2)26-22-14-18(3)12-19(4)15-22;/h12-17H,7,9,11H2,1-6H3;. The van der Waals surface area contributed by atoms with Crippen LogP contribution in [0.25, 0.3) is 0 Å². The third kappa shape index (κ3) is 7.45. The fourth-order valence-electron chi connectivity index (χ4n) is 3.17. The zero-order valence-corrected chi connectivity index (χ0v) is 18.8. The summed E-state index contributed by atoms with van der Waals surface area (Å²) in [4.78, 5) is 9.84. The summed E-state index contributed by atoms with van der Waals surface area (Å²) >= 11 is 0. The minimum Gasteiger partial charge on any atom is -0.250 e. The van der Waals surface area contributed by atoms with Crippen molar-refractivity contribution in [2.75, 3.05) is 0 Å². The maximum Gasteiger partial charge on any atom is 0.135 e. The summed E-state index contributed by atoms with van der Waals surface area (Å²) in [5.74, 6) is 6.22. The second-order valence-corrected chi connectivity index (χ2v) is 7.19. The molecule has 0 atom stereocenters. The summed E-state index contributed by atoms with van der Waals surface area (Å²) in [6, 6.07) is 12.8. The van der Waals surface area contributed by atoms with Crippen molar-refractivity contribution in [1.29, 1.82) is 0 Å². The number of hydrogen-bond acceptors (Lipinski definition) is 2. The minimum atomic E-state index is 0. The van der Waals surface area contributed by atoms with Crippen molar-refractivity contribution in [1.82, 2.24) is 0 Å². The maximum atomic E-state index is 4.96. The van der Waals surface area contributed by atoms with Crippen LogP contribution in [0.5, 0.6) is 0 Å². The van der Waals surface area contributed by atoms with Gasteiger partial charge in [-0.15, -0.1) is 0 Å². The number of aliphatic imine (C=N–C) groups is 2. The maximum absolute atomic E-state index is 4.96. The molecular weight excluding hydrogens is 387 g/mol. The Morgan fingerprint density at radius 3 is 1.68 bits per heavy atom. The van der Waals surface area contributed by atoms with E-state index >= 15 is 0 Å². The molecule has 0 amide bonds. The molecule has 28 heavy (non-hydrogen) atoms. The molecule has 2 nitrogen and oxygen atoms in total. The number of aryl methyl sites for hydroxylation is 4. The number of hydrogen-bond donors (Lipinski definition) is 0. The fraction of sp³-hybridized carbons (Fsp3) is 0.360. The SMILES string of the molecule is CC#CC(=Nc1cc(C)cc(C)c1)C(CCCC)=Nc1cc(C)cc(C)c1.[Ni]. The predicted molar refractivity (Wildman–Crippen MR) is 119 cm³/mol. The number of nitrogens with zero attached hydrogens (tertiary/aromatic N) is 2. The van der Waals surface area contributed by atoms with Crippen molar-refractivity contribution in [3.63, 3.8) is 0 Å². The van der Waals surface area contributed by atoms with Crippen molar-refractivity contribution in [2.45, 2.75) is 60.8 Å². The average Bonchev–Trinajstić information content (AvgIpc) is 2.56. The molecule has 0 fully saturated rings. The van der Waals surface area contributed by atoms with E-state index in [0.29, 0.717) is 0 Å². The van der Waals surface area contributed by atoms with Crippen molar-refractivity contribution in [3.8, 4) is 11.8 Å². The van der Waals surface area contributed by atoms with Gasteiger partial charge in [-0.3, -0.25) is 4.99 Å². The Morgan fingerprint density at radius 2 is 1.25 bits per heavy atom. The first-order chi connectivity index (χ1) is 12.9. The molecule has 0 saturated heterocycles.